The molecule has 0 aromatic carbocycles. The highest BCUT2D eigenvalue weighted by Gasteiger charge is 2.31. The summed E-state index contributed by atoms with van der Waals surface area (Å²) in [7, 11) is 0. The lowest BCUT2D eigenvalue weighted by atomic mass is 9.99. The fourth-order valence-electron chi connectivity index (χ4n) is 3.67. The maximum atomic E-state index is 12.9. The van der Waals surface area contributed by atoms with Gasteiger partial charge in [0.15, 0.2) is 5.82 Å². The molecule has 0 radical (unpaired) electrons. The van der Waals surface area contributed by atoms with Crippen molar-refractivity contribution in [3.8, 4) is 0 Å². The van der Waals surface area contributed by atoms with Gasteiger partial charge in [0.2, 0.25) is 5.91 Å². The molecule has 1 saturated heterocycles. The highest BCUT2D eigenvalue weighted by Crippen LogP contribution is 2.30. The van der Waals surface area contributed by atoms with Gasteiger partial charge in [-0.15, -0.1) is 10.2 Å². The molecule has 0 saturated carbocycles. The van der Waals surface area contributed by atoms with Crippen molar-refractivity contribution in [2.75, 3.05) is 6.54 Å². The lowest BCUT2D eigenvalue weighted by molar-refractivity contribution is -0.135. The van der Waals surface area contributed by atoms with Crippen LogP contribution < -0.4 is 0 Å². The summed E-state index contributed by atoms with van der Waals surface area (Å²) in [5.41, 5.74) is 1.93. The molecule has 136 valence electrons. The van der Waals surface area contributed by atoms with Gasteiger partial charge in [-0.25, -0.2) is 0 Å². The maximum absolute atomic E-state index is 12.9. The van der Waals surface area contributed by atoms with Gasteiger partial charge in [-0.3, -0.25) is 4.79 Å². The third kappa shape index (κ3) is 3.75. The fourth-order valence-corrected chi connectivity index (χ4v) is 3.67. The Morgan fingerprint density at radius 3 is 2.92 bits per heavy atom. The Kier molecular flexibility index (Phi) is 5.50. The number of rotatable bonds is 6. The second-order valence-corrected chi connectivity index (χ2v) is 6.78. The second kappa shape index (κ2) is 7.80. The Bertz CT molecular complexity index is 701. The van der Waals surface area contributed by atoms with Crippen LogP contribution in [0.15, 0.2) is 10.9 Å². The van der Waals surface area contributed by atoms with Gasteiger partial charge in [0, 0.05) is 25.1 Å². The van der Waals surface area contributed by atoms with E-state index in [0.717, 1.165) is 61.6 Å². The average Bonchev–Trinajstić information content (AvgIpc) is 3.20. The molecule has 2 aromatic rings. The molecule has 0 bridgehead atoms. The zero-order valence-electron chi connectivity index (χ0n) is 15.4. The molecule has 1 aliphatic rings. The number of hydrogen-bond acceptors (Lipinski definition) is 5. The predicted molar refractivity (Wildman–Crippen MR) is 92.9 cm³/mol. The number of carbonyl (C=O) groups excluding carboxylic acids is 1. The van der Waals surface area contributed by atoms with E-state index < -0.39 is 0 Å². The molecule has 3 rings (SSSR count). The highest BCUT2D eigenvalue weighted by atomic mass is 16.5. The second-order valence-electron chi connectivity index (χ2n) is 6.78. The van der Waals surface area contributed by atoms with E-state index >= 15 is 0 Å². The largest absolute Gasteiger partial charge is 0.361 e. The molecule has 0 N–H and O–H groups in total. The first-order chi connectivity index (χ1) is 12.1. The molecule has 3 heterocycles. The van der Waals surface area contributed by atoms with Crippen molar-refractivity contribution < 1.29 is 9.32 Å². The van der Waals surface area contributed by atoms with Crippen LogP contribution in [0.5, 0.6) is 0 Å². The summed E-state index contributed by atoms with van der Waals surface area (Å²) in [4.78, 5) is 14.9. The van der Waals surface area contributed by atoms with Crippen LogP contribution in [-0.2, 0) is 17.8 Å². The van der Waals surface area contributed by atoms with E-state index in [-0.39, 0.29) is 11.9 Å². The SMILES string of the molecule is CCCn1cnnc1[C@@H]1CCCCN1C(=O)CCc1c(C)noc1C. The zero-order chi connectivity index (χ0) is 17.8. The van der Waals surface area contributed by atoms with Crippen molar-refractivity contribution in [3.63, 3.8) is 0 Å². The topological polar surface area (TPSA) is 77.1 Å². The first kappa shape index (κ1) is 17.6. The number of carbonyl (C=O) groups is 1. The number of aryl methyl sites for hydroxylation is 3. The van der Waals surface area contributed by atoms with Gasteiger partial charge in [0.25, 0.3) is 0 Å². The normalized spacial score (nSPS) is 17.9. The van der Waals surface area contributed by atoms with Crippen molar-refractivity contribution in [1.29, 1.82) is 0 Å². The number of likely N-dealkylation sites (tertiary alicyclic amines) is 1. The summed E-state index contributed by atoms with van der Waals surface area (Å²) >= 11 is 0. The lowest BCUT2D eigenvalue weighted by Crippen LogP contribution is -2.39. The summed E-state index contributed by atoms with van der Waals surface area (Å²) in [6.07, 6.45) is 7.08. The van der Waals surface area contributed by atoms with Gasteiger partial charge in [-0.1, -0.05) is 12.1 Å². The molecule has 1 amide bonds. The molecule has 0 unspecified atom stereocenters. The van der Waals surface area contributed by atoms with Gasteiger partial charge >= 0.3 is 0 Å². The monoisotopic (exact) mass is 345 g/mol. The van der Waals surface area contributed by atoms with Crippen LogP contribution in [0.4, 0.5) is 0 Å². The van der Waals surface area contributed by atoms with Crippen LogP contribution in [0.1, 0.15) is 67.9 Å². The maximum Gasteiger partial charge on any atom is 0.223 e. The third-order valence-corrected chi connectivity index (χ3v) is 5.00. The average molecular weight is 345 g/mol. The predicted octanol–water partition coefficient (Wildman–Crippen LogP) is 2.98. The van der Waals surface area contributed by atoms with Crippen molar-refractivity contribution >= 4 is 5.91 Å². The molecule has 0 spiro atoms. The van der Waals surface area contributed by atoms with Gasteiger partial charge in [-0.05, 0) is 46.0 Å². The van der Waals surface area contributed by atoms with E-state index in [1.807, 2.05) is 18.7 Å². The molecule has 1 atom stereocenters. The Hall–Kier alpha value is -2.18. The van der Waals surface area contributed by atoms with Gasteiger partial charge in [0.1, 0.15) is 12.1 Å². The van der Waals surface area contributed by atoms with Crippen LogP contribution in [-0.4, -0.2) is 37.3 Å². The molecule has 2 aromatic heterocycles. The smallest absolute Gasteiger partial charge is 0.223 e. The van der Waals surface area contributed by atoms with E-state index in [1.165, 1.54) is 0 Å². The van der Waals surface area contributed by atoms with E-state index in [4.69, 9.17) is 4.52 Å². The van der Waals surface area contributed by atoms with E-state index in [0.29, 0.717) is 12.8 Å². The lowest BCUT2D eigenvalue weighted by Gasteiger charge is -2.35. The molecule has 0 aliphatic carbocycles. The van der Waals surface area contributed by atoms with Gasteiger partial charge < -0.3 is 14.0 Å². The Labute approximate surface area is 148 Å². The van der Waals surface area contributed by atoms with Crippen LogP contribution in [0.2, 0.25) is 0 Å². The number of aromatic nitrogens is 4. The molecule has 1 aliphatic heterocycles. The molecular weight excluding hydrogens is 318 g/mol. The minimum absolute atomic E-state index is 0.0416. The van der Waals surface area contributed by atoms with Crippen LogP contribution in [0.3, 0.4) is 0 Å². The Balaban J connectivity index is 1.72. The summed E-state index contributed by atoms with van der Waals surface area (Å²) < 4.78 is 7.29. The number of piperidine rings is 1. The van der Waals surface area contributed by atoms with Crippen molar-refractivity contribution in [3.05, 3.63) is 29.2 Å². The van der Waals surface area contributed by atoms with E-state index in [1.54, 1.807) is 6.33 Å². The third-order valence-electron chi connectivity index (χ3n) is 5.00. The Morgan fingerprint density at radius 1 is 1.36 bits per heavy atom. The molecule has 7 nitrogen and oxygen atoms in total. The zero-order valence-corrected chi connectivity index (χ0v) is 15.4. The summed E-state index contributed by atoms with van der Waals surface area (Å²) in [5.74, 6) is 1.91. The number of nitrogens with zero attached hydrogens (tertiary/aromatic N) is 5. The summed E-state index contributed by atoms with van der Waals surface area (Å²) in [6.45, 7) is 7.64. The van der Waals surface area contributed by atoms with E-state index in [9.17, 15) is 4.79 Å². The quantitative estimate of drug-likeness (QED) is 0.804. The van der Waals surface area contributed by atoms with Gasteiger partial charge in [-0.2, -0.15) is 0 Å². The molecular formula is C18H27N5O2. The fraction of sp³-hybridized carbons (Fsp3) is 0.667. The van der Waals surface area contributed by atoms with Crippen LogP contribution >= 0.6 is 0 Å². The van der Waals surface area contributed by atoms with Gasteiger partial charge in [0.05, 0.1) is 11.7 Å². The van der Waals surface area contributed by atoms with E-state index in [2.05, 4.69) is 26.8 Å². The summed E-state index contributed by atoms with van der Waals surface area (Å²) in [5, 5.41) is 12.4. The number of amides is 1. The molecule has 1 fully saturated rings. The standard InChI is InChI=1S/C18H27N5O2/c1-4-10-22-12-19-20-18(22)16-7-5-6-11-23(16)17(24)9-8-15-13(2)21-25-14(15)3/h12,16H,4-11H2,1-3H3/t16-/m0/s1. The summed E-state index contributed by atoms with van der Waals surface area (Å²) in [6, 6.07) is 0.0416. The highest BCUT2D eigenvalue weighted by molar-refractivity contribution is 5.77. The molecule has 7 heteroatoms. The first-order valence-electron chi connectivity index (χ1n) is 9.20. The minimum Gasteiger partial charge on any atom is -0.361 e. The van der Waals surface area contributed by atoms with Crippen LogP contribution in [0, 0.1) is 13.8 Å². The number of hydrogen-bond donors (Lipinski definition) is 0. The van der Waals surface area contributed by atoms with Crippen molar-refractivity contribution in [1.82, 2.24) is 24.8 Å². The van der Waals surface area contributed by atoms with Crippen molar-refractivity contribution in [2.45, 2.75) is 71.9 Å². The Morgan fingerprint density at radius 2 is 2.20 bits per heavy atom. The van der Waals surface area contributed by atoms with Crippen LogP contribution in [0.25, 0.3) is 0 Å². The molecule has 25 heavy (non-hydrogen) atoms. The first-order valence-corrected chi connectivity index (χ1v) is 9.20. The van der Waals surface area contributed by atoms with Crippen molar-refractivity contribution in [2.24, 2.45) is 0 Å². The minimum atomic E-state index is 0.0416.